The van der Waals surface area contributed by atoms with Gasteiger partial charge in [0.2, 0.25) is 0 Å². The summed E-state index contributed by atoms with van der Waals surface area (Å²) in [6, 6.07) is 9.06. The molecular weight excluding hydrogens is 268 g/mol. The van der Waals surface area contributed by atoms with Crippen molar-refractivity contribution in [1.82, 2.24) is 5.32 Å². The van der Waals surface area contributed by atoms with Gasteiger partial charge in [0.15, 0.2) is 0 Å². The van der Waals surface area contributed by atoms with Gasteiger partial charge in [-0.15, -0.1) is 0 Å². The molecule has 0 bridgehead atoms. The van der Waals surface area contributed by atoms with Gasteiger partial charge in [0, 0.05) is 10.6 Å². The minimum absolute atomic E-state index is 0.249. The molecule has 2 aromatic carbocycles. The van der Waals surface area contributed by atoms with Crippen molar-refractivity contribution in [1.29, 1.82) is 0 Å². The highest BCUT2D eigenvalue weighted by Gasteiger charge is 2.20. The van der Waals surface area contributed by atoms with Gasteiger partial charge in [0.1, 0.15) is 11.6 Å². The minimum Gasteiger partial charge on any atom is -0.309 e. The third-order valence-electron chi connectivity index (χ3n) is 3.09. The number of halogens is 3. The fourth-order valence-corrected chi connectivity index (χ4v) is 2.32. The lowest BCUT2D eigenvalue weighted by Crippen LogP contribution is -2.19. The van der Waals surface area contributed by atoms with E-state index >= 15 is 0 Å². The Hall–Kier alpha value is -1.45. The SMILES string of the molecule is CNC(c1cc(F)c(C)cc1F)c1ccccc1Cl. The number of aryl methyl sites for hydroxylation is 1. The van der Waals surface area contributed by atoms with Crippen LogP contribution in [0.15, 0.2) is 36.4 Å². The van der Waals surface area contributed by atoms with E-state index in [1.54, 1.807) is 25.2 Å². The van der Waals surface area contributed by atoms with Gasteiger partial charge in [0.05, 0.1) is 6.04 Å². The number of hydrogen-bond acceptors (Lipinski definition) is 1. The van der Waals surface area contributed by atoms with Crippen LogP contribution in [0.4, 0.5) is 8.78 Å². The fraction of sp³-hybridized carbons (Fsp3) is 0.200. The van der Waals surface area contributed by atoms with Gasteiger partial charge in [-0.3, -0.25) is 0 Å². The van der Waals surface area contributed by atoms with Crippen molar-refractivity contribution in [3.63, 3.8) is 0 Å². The first kappa shape index (κ1) is 14.0. The Labute approximate surface area is 116 Å². The highest BCUT2D eigenvalue weighted by atomic mass is 35.5. The molecular formula is C15H14ClF2N. The standard InChI is InChI=1S/C15H14ClF2N/c1-9-7-14(18)11(8-13(9)17)15(19-2)10-5-3-4-6-12(10)16/h3-8,15,19H,1-2H3. The van der Waals surface area contributed by atoms with Crippen molar-refractivity contribution in [3.05, 3.63) is 69.7 Å². The molecule has 0 saturated carbocycles. The normalized spacial score (nSPS) is 12.5. The molecule has 0 aromatic heterocycles. The van der Waals surface area contributed by atoms with E-state index in [2.05, 4.69) is 5.32 Å². The van der Waals surface area contributed by atoms with Crippen molar-refractivity contribution in [2.45, 2.75) is 13.0 Å². The minimum atomic E-state index is -0.483. The summed E-state index contributed by atoms with van der Waals surface area (Å²) in [5, 5.41) is 3.49. The van der Waals surface area contributed by atoms with Gasteiger partial charge in [-0.05, 0) is 43.3 Å². The van der Waals surface area contributed by atoms with Crippen LogP contribution in [0.2, 0.25) is 5.02 Å². The second kappa shape index (κ2) is 5.68. The molecule has 0 amide bonds. The first-order valence-corrected chi connectivity index (χ1v) is 6.29. The summed E-state index contributed by atoms with van der Waals surface area (Å²) in [4.78, 5) is 0. The summed E-state index contributed by atoms with van der Waals surface area (Å²) in [5.74, 6) is -0.873. The lowest BCUT2D eigenvalue weighted by molar-refractivity contribution is 0.554. The molecule has 0 heterocycles. The molecule has 19 heavy (non-hydrogen) atoms. The average molecular weight is 282 g/mol. The van der Waals surface area contributed by atoms with Gasteiger partial charge in [0.25, 0.3) is 0 Å². The molecule has 0 aliphatic heterocycles. The summed E-state index contributed by atoms with van der Waals surface area (Å²) in [6.45, 7) is 1.53. The molecule has 1 N–H and O–H groups in total. The summed E-state index contributed by atoms with van der Waals surface area (Å²) in [5.41, 5.74) is 1.25. The van der Waals surface area contributed by atoms with E-state index in [1.807, 2.05) is 6.07 Å². The molecule has 100 valence electrons. The average Bonchev–Trinajstić information content (AvgIpc) is 2.38. The van der Waals surface area contributed by atoms with E-state index in [9.17, 15) is 8.78 Å². The second-order valence-electron chi connectivity index (χ2n) is 4.37. The van der Waals surface area contributed by atoms with Crippen molar-refractivity contribution in [2.24, 2.45) is 0 Å². The van der Waals surface area contributed by atoms with Crippen LogP contribution in [-0.2, 0) is 0 Å². The Bertz CT molecular complexity index is 599. The summed E-state index contributed by atoms with van der Waals surface area (Å²) < 4.78 is 27.7. The zero-order chi connectivity index (χ0) is 14.0. The second-order valence-corrected chi connectivity index (χ2v) is 4.77. The number of hydrogen-bond donors (Lipinski definition) is 1. The molecule has 2 rings (SSSR count). The zero-order valence-electron chi connectivity index (χ0n) is 10.7. The van der Waals surface area contributed by atoms with Crippen LogP contribution in [0.3, 0.4) is 0 Å². The molecule has 1 unspecified atom stereocenters. The van der Waals surface area contributed by atoms with Crippen LogP contribution in [-0.4, -0.2) is 7.05 Å². The summed E-state index contributed by atoms with van der Waals surface area (Å²) in [7, 11) is 1.69. The van der Waals surface area contributed by atoms with Gasteiger partial charge in [-0.25, -0.2) is 8.78 Å². The third-order valence-corrected chi connectivity index (χ3v) is 3.44. The lowest BCUT2D eigenvalue weighted by atomic mass is 9.97. The Kier molecular flexibility index (Phi) is 4.17. The Morgan fingerprint density at radius 2 is 1.74 bits per heavy atom. The lowest BCUT2D eigenvalue weighted by Gasteiger charge is -2.19. The van der Waals surface area contributed by atoms with E-state index in [-0.39, 0.29) is 11.1 Å². The van der Waals surface area contributed by atoms with Crippen molar-refractivity contribution in [3.8, 4) is 0 Å². The molecule has 2 aromatic rings. The van der Waals surface area contributed by atoms with Gasteiger partial charge in [-0.1, -0.05) is 29.8 Å². The Balaban J connectivity index is 2.55. The first-order valence-electron chi connectivity index (χ1n) is 5.92. The molecule has 0 spiro atoms. The maximum absolute atomic E-state index is 14.0. The Morgan fingerprint density at radius 1 is 1.05 bits per heavy atom. The Morgan fingerprint density at radius 3 is 2.37 bits per heavy atom. The zero-order valence-corrected chi connectivity index (χ0v) is 11.4. The number of benzene rings is 2. The summed E-state index contributed by atoms with van der Waals surface area (Å²) >= 11 is 6.11. The van der Waals surface area contributed by atoms with Crippen LogP contribution >= 0.6 is 11.6 Å². The molecule has 0 saturated heterocycles. The van der Waals surface area contributed by atoms with Crippen molar-refractivity contribution in [2.75, 3.05) is 7.05 Å². The predicted molar refractivity (Wildman–Crippen MR) is 73.4 cm³/mol. The summed E-state index contributed by atoms with van der Waals surface area (Å²) in [6.07, 6.45) is 0. The van der Waals surface area contributed by atoms with E-state index < -0.39 is 17.7 Å². The topological polar surface area (TPSA) is 12.0 Å². The number of rotatable bonds is 3. The fourth-order valence-electron chi connectivity index (χ4n) is 2.07. The van der Waals surface area contributed by atoms with Crippen LogP contribution in [0.1, 0.15) is 22.7 Å². The van der Waals surface area contributed by atoms with E-state index in [0.29, 0.717) is 10.6 Å². The third kappa shape index (κ3) is 2.77. The van der Waals surface area contributed by atoms with Crippen LogP contribution in [0.25, 0.3) is 0 Å². The maximum atomic E-state index is 14.0. The quantitative estimate of drug-likeness (QED) is 0.887. The van der Waals surface area contributed by atoms with E-state index in [0.717, 1.165) is 0 Å². The van der Waals surface area contributed by atoms with Gasteiger partial charge >= 0.3 is 0 Å². The van der Waals surface area contributed by atoms with Gasteiger partial charge < -0.3 is 5.32 Å². The molecule has 1 atom stereocenters. The van der Waals surface area contributed by atoms with Crippen LogP contribution in [0, 0.1) is 18.6 Å². The monoisotopic (exact) mass is 281 g/mol. The van der Waals surface area contributed by atoms with Crippen LogP contribution in [0.5, 0.6) is 0 Å². The molecule has 4 heteroatoms. The predicted octanol–water partition coefficient (Wildman–Crippen LogP) is 4.24. The highest BCUT2D eigenvalue weighted by molar-refractivity contribution is 6.31. The number of nitrogens with one attached hydrogen (secondary N) is 1. The van der Waals surface area contributed by atoms with Crippen molar-refractivity contribution >= 4 is 11.6 Å². The largest absolute Gasteiger partial charge is 0.309 e. The molecule has 0 aliphatic carbocycles. The first-order chi connectivity index (χ1) is 9.04. The van der Waals surface area contributed by atoms with Gasteiger partial charge in [-0.2, -0.15) is 0 Å². The smallest absolute Gasteiger partial charge is 0.128 e. The van der Waals surface area contributed by atoms with E-state index in [4.69, 9.17) is 11.6 Å². The molecule has 0 fully saturated rings. The molecule has 0 radical (unpaired) electrons. The van der Waals surface area contributed by atoms with Crippen LogP contribution < -0.4 is 5.32 Å². The molecule has 0 aliphatic rings. The highest BCUT2D eigenvalue weighted by Crippen LogP contribution is 2.30. The molecule has 1 nitrogen and oxygen atoms in total. The van der Waals surface area contributed by atoms with Crippen molar-refractivity contribution < 1.29 is 8.78 Å². The maximum Gasteiger partial charge on any atom is 0.128 e. The van der Waals surface area contributed by atoms with E-state index in [1.165, 1.54) is 19.1 Å².